The molecular formula is C45H31NO. The topological polar surface area (TPSA) is 18.1 Å². The van der Waals surface area contributed by atoms with Gasteiger partial charge in [-0.2, -0.15) is 0 Å². The van der Waals surface area contributed by atoms with E-state index in [2.05, 4.69) is 170 Å². The van der Waals surface area contributed by atoms with Crippen LogP contribution in [0, 0.1) is 0 Å². The number of furan rings is 1. The lowest BCUT2D eigenvalue weighted by Crippen LogP contribution is -2.14. The van der Waals surface area contributed by atoms with Gasteiger partial charge >= 0.3 is 0 Å². The molecule has 9 aromatic rings. The Labute approximate surface area is 273 Å². The van der Waals surface area contributed by atoms with Gasteiger partial charge in [-0.25, -0.2) is 0 Å². The Morgan fingerprint density at radius 3 is 1.72 bits per heavy atom. The van der Waals surface area contributed by atoms with Gasteiger partial charge in [0, 0.05) is 32.6 Å². The molecule has 0 bridgehead atoms. The lowest BCUT2D eigenvalue weighted by atomic mass is 9.82. The summed E-state index contributed by atoms with van der Waals surface area (Å²) in [7, 11) is 0. The van der Waals surface area contributed by atoms with E-state index < -0.39 is 0 Å². The summed E-state index contributed by atoms with van der Waals surface area (Å²) in [6.07, 6.45) is 0. The van der Waals surface area contributed by atoms with Crippen molar-refractivity contribution in [2.24, 2.45) is 0 Å². The van der Waals surface area contributed by atoms with Gasteiger partial charge in [0.25, 0.3) is 0 Å². The van der Waals surface area contributed by atoms with Gasteiger partial charge in [0.1, 0.15) is 11.2 Å². The third kappa shape index (κ3) is 3.73. The van der Waals surface area contributed by atoms with E-state index in [4.69, 9.17) is 4.42 Å². The largest absolute Gasteiger partial charge is 0.456 e. The molecular weight excluding hydrogens is 571 g/mol. The highest BCUT2D eigenvalue weighted by atomic mass is 16.3. The minimum Gasteiger partial charge on any atom is -0.456 e. The molecule has 222 valence electrons. The van der Waals surface area contributed by atoms with Crippen molar-refractivity contribution in [3.8, 4) is 39.1 Å². The lowest BCUT2D eigenvalue weighted by molar-refractivity contribution is 0.656. The monoisotopic (exact) mass is 601 g/mol. The average Bonchev–Trinajstić information content (AvgIpc) is 3.73. The van der Waals surface area contributed by atoms with Gasteiger partial charge in [-0.15, -0.1) is 0 Å². The fourth-order valence-electron chi connectivity index (χ4n) is 8.11. The van der Waals surface area contributed by atoms with Gasteiger partial charge in [0.15, 0.2) is 0 Å². The zero-order chi connectivity index (χ0) is 31.3. The number of fused-ring (bicyclic) bond motifs is 10. The predicted octanol–water partition coefficient (Wildman–Crippen LogP) is 12.3. The molecule has 1 aliphatic carbocycles. The van der Waals surface area contributed by atoms with Gasteiger partial charge in [-0.05, 0) is 93.0 Å². The number of aromatic nitrogens is 1. The van der Waals surface area contributed by atoms with Crippen molar-refractivity contribution in [2.45, 2.75) is 19.3 Å². The predicted molar refractivity (Wildman–Crippen MR) is 196 cm³/mol. The van der Waals surface area contributed by atoms with Crippen LogP contribution in [0.1, 0.15) is 25.0 Å². The molecule has 2 aromatic heterocycles. The number of nitrogens with zero attached hydrogens (tertiary/aromatic N) is 1. The molecule has 2 nitrogen and oxygen atoms in total. The van der Waals surface area contributed by atoms with Crippen molar-refractivity contribution in [1.29, 1.82) is 0 Å². The maximum Gasteiger partial charge on any atom is 0.136 e. The van der Waals surface area contributed by atoms with Gasteiger partial charge in [0.2, 0.25) is 0 Å². The molecule has 0 unspecified atom stereocenters. The van der Waals surface area contributed by atoms with Gasteiger partial charge < -0.3 is 8.98 Å². The standard InChI is InChI=1S/C45H31NO/c1-45(2)37-20-19-32(27-36(37)43-38(45)21-24-42-44(43)33-15-9-10-16-41(33)47-42)46-39-22-17-30(28-11-5-3-6-12-28)25-34(39)35-26-31(18-23-40(35)46)29-13-7-4-8-14-29/h3-27H,1-2H3. The third-order valence-corrected chi connectivity index (χ3v) is 10.4. The van der Waals surface area contributed by atoms with Crippen LogP contribution >= 0.6 is 0 Å². The van der Waals surface area contributed by atoms with Crippen LogP contribution in [-0.4, -0.2) is 4.57 Å². The molecule has 0 spiro atoms. The molecule has 0 atom stereocenters. The molecule has 0 saturated carbocycles. The summed E-state index contributed by atoms with van der Waals surface area (Å²) >= 11 is 0. The number of benzene rings is 7. The Hall–Kier alpha value is -5.86. The van der Waals surface area contributed by atoms with Gasteiger partial charge in [0.05, 0.1) is 11.0 Å². The second-order valence-electron chi connectivity index (χ2n) is 13.3. The van der Waals surface area contributed by atoms with Crippen molar-refractivity contribution in [1.82, 2.24) is 4.57 Å². The molecule has 0 amide bonds. The van der Waals surface area contributed by atoms with Crippen LogP contribution < -0.4 is 0 Å². The number of rotatable bonds is 3. The summed E-state index contributed by atoms with van der Waals surface area (Å²) in [5, 5.41) is 4.89. The number of hydrogen-bond donors (Lipinski definition) is 0. The van der Waals surface area contributed by atoms with Crippen LogP contribution in [0.2, 0.25) is 0 Å². The van der Waals surface area contributed by atoms with Crippen LogP contribution in [-0.2, 0) is 5.41 Å². The Morgan fingerprint density at radius 2 is 1.06 bits per heavy atom. The Bertz CT molecular complexity index is 2590. The van der Waals surface area contributed by atoms with E-state index in [1.54, 1.807) is 0 Å². The van der Waals surface area contributed by atoms with Crippen LogP contribution in [0.3, 0.4) is 0 Å². The molecule has 0 aliphatic heterocycles. The minimum absolute atomic E-state index is 0.119. The summed E-state index contributed by atoms with van der Waals surface area (Å²) < 4.78 is 8.82. The molecule has 10 rings (SSSR count). The molecule has 1 aliphatic rings. The van der Waals surface area contributed by atoms with E-state index in [1.807, 2.05) is 0 Å². The van der Waals surface area contributed by atoms with E-state index in [0.29, 0.717) is 0 Å². The van der Waals surface area contributed by atoms with Crippen LogP contribution in [0.5, 0.6) is 0 Å². The Kier molecular flexibility index (Phi) is 5.37. The maximum atomic E-state index is 6.37. The quantitative estimate of drug-likeness (QED) is 0.197. The Balaban J connectivity index is 1.26. The first-order valence-electron chi connectivity index (χ1n) is 16.4. The summed E-state index contributed by atoms with van der Waals surface area (Å²) in [5.74, 6) is 0. The highest BCUT2D eigenvalue weighted by Gasteiger charge is 2.37. The van der Waals surface area contributed by atoms with E-state index >= 15 is 0 Å². The first kappa shape index (κ1) is 26.4. The first-order chi connectivity index (χ1) is 23.1. The highest BCUT2D eigenvalue weighted by Crippen LogP contribution is 2.53. The van der Waals surface area contributed by atoms with Crippen molar-refractivity contribution < 1.29 is 4.42 Å². The van der Waals surface area contributed by atoms with Crippen LogP contribution in [0.4, 0.5) is 0 Å². The van der Waals surface area contributed by atoms with E-state index in [1.165, 1.54) is 77.1 Å². The highest BCUT2D eigenvalue weighted by molar-refractivity contribution is 6.15. The third-order valence-electron chi connectivity index (χ3n) is 10.4. The van der Waals surface area contributed by atoms with Gasteiger partial charge in [-0.1, -0.05) is 117 Å². The van der Waals surface area contributed by atoms with Crippen molar-refractivity contribution in [3.05, 3.63) is 163 Å². The molecule has 47 heavy (non-hydrogen) atoms. The van der Waals surface area contributed by atoms with E-state index in [-0.39, 0.29) is 5.41 Å². The molecule has 7 aromatic carbocycles. The molecule has 0 N–H and O–H groups in total. The SMILES string of the molecule is CC1(C)c2ccc(-n3c4ccc(-c5ccccc5)cc4c4cc(-c5ccccc5)ccc43)cc2-c2c1ccc1oc3ccccc3c21. The van der Waals surface area contributed by atoms with Crippen LogP contribution in [0.25, 0.3) is 82.8 Å². The van der Waals surface area contributed by atoms with Crippen molar-refractivity contribution in [3.63, 3.8) is 0 Å². The fraction of sp³-hybridized carbons (Fsp3) is 0.0667. The van der Waals surface area contributed by atoms with Crippen LogP contribution in [0.15, 0.2) is 156 Å². The Morgan fingerprint density at radius 1 is 0.468 bits per heavy atom. The average molecular weight is 602 g/mol. The smallest absolute Gasteiger partial charge is 0.136 e. The number of para-hydroxylation sites is 1. The van der Waals surface area contributed by atoms with Gasteiger partial charge in [-0.3, -0.25) is 0 Å². The zero-order valence-corrected chi connectivity index (χ0v) is 26.3. The first-order valence-corrected chi connectivity index (χ1v) is 16.4. The second kappa shape index (κ2) is 9.57. The maximum absolute atomic E-state index is 6.37. The normalized spacial score (nSPS) is 13.5. The molecule has 0 fully saturated rings. The molecule has 0 saturated heterocycles. The number of hydrogen-bond acceptors (Lipinski definition) is 1. The second-order valence-corrected chi connectivity index (χ2v) is 13.3. The summed E-state index contributed by atoms with van der Waals surface area (Å²) in [6, 6.07) is 55.2. The molecule has 2 heteroatoms. The molecule has 2 heterocycles. The molecule has 0 radical (unpaired) electrons. The lowest BCUT2D eigenvalue weighted by Gasteiger charge is -2.21. The van der Waals surface area contributed by atoms with Crippen molar-refractivity contribution >= 4 is 43.7 Å². The van der Waals surface area contributed by atoms with Crippen molar-refractivity contribution in [2.75, 3.05) is 0 Å². The summed E-state index contributed by atoms with van der Waals surface area (Å²) in [6.45, 7) is 4.70. The minimum atomic E-state index is -0.119. The fourth-order valence-corrected chi connectivity index (χ4v) is 8.11. The van der Waals surface area contributed by atoms with E-state index in [9.17, 15) is 0 Å². The van der Waals surface area contributed by atoms with E-state index in [0.717, 1.165) is 16.9 Å². The summed E-state index contributed by atoms with van der Waals surface area (Å²) in [4.78, 5) is 0. The summed E-state index contributed by atoms with van der Waals surface area (Å²) in [5.41, 5.74) is 15.5. The zero-order valence-electron chi connectivity index (χ0n) is 26.3.